The normalized spacial score (nSPS) is 19.9. The maximum atomic E-state index is 13.6. The summed E-state index contributed by atoms with van der Waals surface area (Å²) >= 11 is 0. The molecule has 0 spiro atoms. The Morgan fingerprint density at radius 3 is 2.95 bits per heavy atom. The lowest BCUT2D eigenvalue weighted by atomic mass is 9.99. The molecule has 1 aliphatic heterocycles. The molecule has 0 aromatic heterocycles. The van der Waals surface area contributed by atoms with E-state index in [0.29, 0.717) is 11.5 Å². The van der Waals surface area contributed by atoms with Crippen LogP contribution in [-0.4, -0.2) is 24.2 Å². The number of piperidine rings is 1. The minimum absolute atomic E-state index is 0.333. The molecule has 1 aliphatic rings. The van der Waals surface area contributed by atoms with Crippen LogP contribution in [-0.2, 0) is 4.79 Å². The van der Waals surface area contributed by atoms with Crippen LogP contribution in [0.15, 0.2) is 24.3 Å². The Morgan fingerprint density at radius 1 is 1.47 bits per heavy atom. The molecule has 0 bridgehead atoms. The van der Waals surface area contributed by atoms with Gasteiger partial charge in [-0.25, -0.2) is 9.18 Å². The molecule has 0 radical (unpaired) electrons. The predicted octanol–water partition coefficient (Wildman–Crippen LogP) is 3.16. The Bertz CT molecular complexity index is 499. The summed E-state index contributed by atoms with van der Waals surface area (Å²) in [5.41, 5.74) is 1.41. The van der Waals surface area contributed by atoms with E-state index in [-0.39, 0.29) is 5.82 Å². The van der Waals surface area contributed by atoms with Crippen molar-refractivity contribution in [2.45, 2.75) is 19.8 Å². The highest BCUT2D eigenvalue weighted by atomic mass is 19.1. The van der Waals surface area contributed by atoms with Crippen LogP contribution in [0.25, 0.3) is 6.08 Å². The van der Waals surface area contributed by atoms with E-state index in [2.05, 4.69) is 11.8 Å². The molecular formula is C15H18FNO2. The van der Waals surface area contributed by atoms with Crippen LogP contribution in [0.5, 0.6) is 0 Å². The van der Waals surface area contributed by atoms with E-state index in [4.69, 9.17) is 5.11 Å². The molecule has 1 N–H and O–H groups in total. The third-order valence-electron chi connectivity index (χ3n) is 3.35. The van der Waals surface area contributed by atoms with Crippen LogP contribution in [0.4, 0.5) is 10.1 Å². The zero-order chi connectivity index (χ0) is 13.8. The first kappa shape index (κ1) is 13.6. The van der Waals surface area contributed by atoms with Crippen molar-refractivity contribution in [2.75, 3.05) is 18.0 Å². The topological polar surface area (TPSA) is 40.5 Å². The third kappa shape index (κ3) is 3.81. The summed E-state index contributed by atoms with van der Waals surface area (Å²) < 4.78 is 13.6. The van der Waals surface area contributed by atoms with Crippen LogP contribution >= 0.6 is 0 Å². The van der Waals surface area contributed by atoms with Crippen molar-refractivity contribution in [3.8, 4) is 0 Å². The number of anilines is 1. The largest absolute Gasteiger partial charge is 0.478 e. The number of nitrogens with zero attached hydrogens (tertiary/aromatic N) is 1. The molecule has 1 heterocycles. The van der Waals surface area contributed by atoms with Crippen molar-refractivity contribution < 1.29 is 14.3 Å². The van der Waals surface area contributed by atoms with Gasteiger partial charge in [-0.3, -0.25) is 0 Å². The fraction of sp³-hybridized carbons (Fsp3) is 0.400. The summed E-state index contributed by atoms with van der Waals surface area (Å²) in [6, 6.07) is 4.69. The third-order valence-corrected chi connectivity index (χ3v) is 3.35. The predicted molar refractivity (Wildman–Crippen MR) is 73.7 cm³/mol. The smallest absolute Gasteiger partial charge is 0.328 e. The lowest BCUT2D eigenvalue weighted by Crippen LogP contribution is -2.34. The first-order valence-corrected chi connectivity index (χ1v) is 6.51. The van der Waals surface area contributed by atoms with Crippen LogP contribution in [0.1, 0.15) is 25.3 Å². The molecule has 1 aromatic rings. The summed E-state index contributed by atoms with van der Waals surface area (Å²) in [7, 11) is 0. The molecule has 3 nitrogen and oxygen atoms in total. The quantitative estimate of drug-likeness (QED) is 0.852. The van der Waals surface area contributed by atoms with E-state index in [1.807, 2.05) is 6.07 Å². The molecule has 0 saturated carbocycles. The molecule has 0 aliphatic carbocycles. The Balaban J connectivity index is 2.23. The monoisotopic (exact) mass is 263 g/mol. The summed E-state index contributed by atoms with van der Waals surface area (Å²) in [5, 5.41) is 8.61. The van der Waals surface area contributed by atoms with Gasteiger partial charge < -0.3 is 10.0 Å². The molecule has 1 atom stereocenters. The number of hydrogen-bond donors (Lipinski definition) is 1. The minimum atomic E-state index is -1.03. The van der Waals surface area contributed by atoms with Gasteiger partial charge in [0.15, 0.2) is 0 Å². The van der Waals surface area contributed by atoms with Crippen molar-refractivity contribution in [1.82, 2.24) is 0 Å². The standard InChI is InChI=1S/C15H18FNO2/c1-11-3-2-6-17(10-11)14-8-12(4-5-15(18)19)7-13(16)9-14/h4-5,7-9,11H,2-3,6,10H2,1H3,(H,18,19)/b5-4+. The van der Waals surface area contributed by atoms with E-state index in [9.17, 15) is 9.18 Å². The van der Waals surface area contributed by atoms with E-state index >= 15 is 0 Å². The molecule has 1 aromatic carbocycles. The molecule has 2 rings (SSSR count). The van der Waals surface area contributed by atoms with Gasteiger partial charge in [0.05, 0.1) is 0 Å². The number of aliphatic carboxylic acids is 1. The molecule has 0 amide bonds. The molecule has 19 heavy (non-hydrogen) atoms. The van der Waals surface area contributed by atoms with Gasteiger partial charge in [0, 0.05) is 24.9 Å². The molecule has 1 saturated heterocycles. The number of carboxylic acids is 1. The Labute approximate surface area is 112 Å². The van der Waals surface area contributed by atoms with Crippen molar-refractivity contribution in [3.05, 3.63) is 35.7 Å². The average Bonchev–Trinajstić information content (AvgIpc) is 2.36. The molecular weight excluding hydrogens is 245 g/mol. The maximum Gasteiger partial charge on any atom is 0.328 e. The van der Waals surface area contributed by atoms with Gasteiger partial charge in [-0.05, 0) is 48.6 Å². The van der Waals surface area contributed by atoms with E-state index in [1.165, 1.54) is 24.6 Å². The lowest BCUT2D eigenvalue weighted by molar-refractivity contribution is -0.131. The van der Waals surface area contributed by atoms with Crippen molar-refractivity contribution in [3.63, 3.8) is 0 Å². The Morgan fingerprint density at radius 2 is 2.26 bits per heavy atom. The van der Waals surface area contributed by atoms with Crippen LogP contribution in [0.3, 0.4) is 0 Å². The Kier molecular flexibility index (Phi) is 4.20. The zero-order valence-corrected chi connectivity index (χ0v) is 11.0. The van der Waals surface area contributed by atoms with Gasteiger partial charge in [-0.15, -0.1) is 0 Å². The minimum Gasteiger partial charge on any atom is -0.478 e. The van der Waals surface area contributed by atoms with E-state index in [0.717, 1.165) is 31.3 Å². The number of benzene rings is 1. The number of hydrogen-bond acceptors (Lipinski definition) is 2. The second-order valence-electron chi connectivity index (χ2n) is 5.11. The van der Waals surface area contributed by atoms with Gasteiger partial charge in [0.25, 0.3) is 0 Å². The maximum absolute atomic E-state index is 13.6. The fourth-order valence-corrected chi connectivity index (χ4v) is 2.47. The second kappa shape index (κ2) is 5.87. The highest BCUT2D eigenvalue weighted by molar-refractivity contribution is 5.85. The summed E-state index contributed by atoms with van der Waals surface area (Å²) in [6.45, 7) is 4.04. The van der Waals surface area contributed by atoms with Crippen LogP contribution in [0, 0.1) is 11.7 Å². The van der Waals surface area contributed by atoms with Gasteiger partial charge in [0.2, 0.25) is 0 Å². The first-order chi connectivity index (χ1) is 9.04. The van der Waals surface area contributed by atoms with Gasteiger partial charge in [-0.2, -0.15) is 0 Å². The van der Waals surface area contributed by atoms with E-state index in [1.54, 1.807) is 0 Å². The average molecular weight is 263 g/mol. The Hall–Kier alpha value is -1.84. The van der Waals surface area contributed by atoms with Crippen molar-refractivity contribution in [2.24, 2.45) is 5.92 Å². The molecule has 1 fully saturated rings. The summed E-state index contributed by atoms with van der Waals surface area (Å²) in [4.78, 5) is 12.7. The summed E-state index contributed by atoms with van der Waals surface area (Å²) in [5.74, 6) is -0.756. The number of carboxylic acid groups (broad SMARTS) is 1. The molecule has 102 valence electrons. The number of halogens is 1. The first-order valence-electron chi connectivity index (χ1n) is 6.51. The highest BCUT2D eigenvalue weighted by Gasteiger charge is 2.17. The van der Waals surface area contributed by atoms with Gasteiger partial charge >= 0.3 is 5.97 Å². The number of carbonyl (C=O) groups is 1. The van der Waals surface area contributed by atoms with E-state index < -0.39 is 5.97 Å². The zero-order valence-electron chi connectivity index (χ0n) is 11.0. The van der Waals surface area contributed by atoms with Crippen LogP contribution < -0.4 is 4.90 Å². The number of rotatable bonds is 3. The summed E-state index contributed by atoms with van der Waals surface area (Å²) in [6.07, 6.45) is 4.76. The molecule has 1 unspecified atom stereocenters. The second-order valence-corrected chi connectivity index (χ2v) is 5.11. The SMILES string of the molecule is CC1CCCN(c2cc(F)cc(/C=C/C(=O)O)c2)C1. The molecule has 4 heteroatoms. The van der Waals surface area contributed by atoms with Gasteiger partial charge in [-0.1, -0.05) is 6.92 Å². The fourth-order valence-electron chi connectivity index (χ4n) is 2.47. The highest BCUT2D eigenvalue weighted by Crippen LogP contribution is 2.25. The van der Waals surface area contributed by atoms with Crippen molar-refractivity contribution >= 4 is 17.7 Å². The van der Waals surface area contributed by atoms with Crippen LogP contribution in [0.2, 0.25) is 0 Å². The van der Waals surface area contributed by atoms with Gasteiger partial charge in [0.1, 0.15) is 5.82 Å². The van der Waals surface area contributed by atoms with Crippen molar-refractivity contribution in [1.29, 1.82) is 0 Å². The lowest BCUT2D eigenvalue weighted by Gasteiger charge is -2.33.